The molecule has 1 heterocycles. The standard InChI is InChI=1S/C9H14N4O2S/c1-16-6-3-2-5(4-6)11-9(14)7-8(10)13-15-12-7/h5-6H,2-4H2,1H3,(H2,10,13)(H,11,14). The summed E-state index contributed by atoms with van der Waals surface area (Å²) in [5, 5.41) is 10.4. The Balaban J connectivity index is 1.91. The summed E-state index contributed by atoms with van der Waals surface area (Å²) in [6, 6.07) is 0.209. The van der Waals surface area contributed by atoms with E-state index in [0.717, 1.165) is 19.3 Å². The summed E-state index contributed by atoms with van der Waals surface area (Å²) < 4.78 is 4.38. The van der Waals surface area contributed by atoms with Crippen molar-refractivity contribution >= 4 is 23.5 Å². The molecular weight excluding hydrogens is 228 g/mol. The Bertz CT molecular complexity index is 381. The van der Waals surface area contributed by atoms with Crippen LogP contribution in [0.5, 0.6) is 0 Å². The zero-order valence-electron chi connectivity index (χ0n) is 8.97. The third-order valence-corrected chi connectivity index (χ3v) is 3.88. The molecule has 88 valence electrons. The molecule has 0 spiro atoms. The molecule has 2 unspecified atom stereocenters. The van der Waals surface area contributed by atoms with Crippen molar-refractivity contribution in [3.05, 3.63) is 5.69 Å². The average Bonchev–Trinajstić information content (AvgIpc) is 2.86. The monoisotopic (exact) mass is 242 g/mol. The number of nitrogens with one attached hydrogen (secondary N) is 1. The number of hydrogen-bond acceptors (Lipinski definition) is 6. The Morgan fingerprint density at radius 3 is 2.94 bits per heavy atom. The lowest BCUT2D eigenvalue weighted by Crippen LogP contribution is -2.33. The van der Waals surface area contributed by atoms with Gasteiger partial charge in [-0.2, -0.15) is 11.8 Å². The highest BCUT2D eigenvalue weighted by atomic mass is 32.2. The van der Waals surface area contributed by atoms with Crippen LogP contribution in [-0.2, 0) is 0 Å². The number of aromatic nitrogens is 2. The van der Waals surface area contributed by atoms with Crippen molar-refractivity contribution in [3.8, 4) is 0 Å². The van der Waals surface area contributed by atoms with E-state index >= 15 is 0 Å². The number of carbonyl (C=O) groups excluding carboxylic acids is 1. The molecule has 1 aromatic rings. The van der Waals surface area contributed by atoms with Gasteiger partial charge in [0, 0.05) is 11.3 Å². The fraction of sp³-hybridized carbons (Fsp3) is 0.667. The van der Waals surface area contributed by atoms with Crippen LogP contribution in [0.1, 0.15) is 29.8 Å². The predicted molar refractivity (Wildman–Crippen MR) is 61.1 cm³/mol. The van der Waals surface area contributed by atoms with Crippen LogP contribution in [0.25, 0.3) is 0 Å². The van der Waals surface area contributed by atoms with Crippen molar-refractivity contribution in [1.82, 2.24) is 15.6 Å². The Kier molecular flexibility index (Phi) is 3.33. The topological polar surface area (TPSA) is 94.0 Å². The highest BCUT2D eigenvalue weighted by Gasteiger charge is 2.27. The molecule has 7 heteroatoms. The number of amides is 1. The molecule has 1 aromatic heterocycles. The average molecular weight is 242 g/mol. The molecule has 2 rings (SSSR count). The maximum absolute atomic E-state index is 11.7. The van der Waals surface area contributed by atoms with Crippen molar-refractivity contribution in [2.75, 3.05) is 12.0 Å². The predicted octanol–water partition coefficient (Wildman–Crippen LogP) is 0.666. The Hall–Kier alpha value is -1.24. The number of nitrogens with two attached hydrogens (primary N) is 1. The maximum atomic E-state index is 11.7. The van der Waals surface area contributed by atoms with Gasteiger partial charge in [0.25, 0.3) is 5.91 Å². The number of thioether (sulfide) groups is 1. The maximum Gasteiger partial charge on any atom is 0.277 e. The zero-order chi connectivity index (χ0) is 11.5. The van der Waals surface area contributed by atoms with Crippen molar-refractivity contribution < 1.29 is 9.42 Å². The first-order valence-electron chi connectivity index (χ1n) is 5.12. The van der Waals surface area contributed by atoms with E-state index in [4.69, 9.17) is 5.73 Å². The molecule has 0 saturated heterocycles. The number of nitrogen functional groups attached to an aromatic ring is 1. The second-order valence-corrected chi connectivity index (χ2v) is 4.98. The van der Waals surface area contributed by atoms with Gasteiger partial charge < -0.3 is 11.1 Å². The fourth-order valence-electron chi connectivity index (χ4n) is 1.89. The zero-order valence-corrected chi connectivity index (χ0v) is 9.79. The largest absolute Gasteiger partial charge is 0.379 e. The molecule has 1 amide bonds. The van der Waals surface area contributed by atoms with E-state index in [-0.39, 0.29) is 23.5 Å². The Morgan fingerprint density at radius 2 is 2.38 bits per heavy atom. The number of nitrogens with zero attached hydrogens (tertiary/aromatic N) is 2. The van der Waals surface area contributed by atoms with Crippen LogP contribution in [0.2, 0.25) is 0 Å². The molecule has 16 heavy (non-hydrogen) atoms. The van der Waals surface area contributed by atoms with Crippen LogP contribution in [0.3, 0.4) is 0 Å². The molecule has 1 fully saturated rings. The van der Waals surface area contributed by atoms with Crippen molar-refractivity contribution in [2.45, 2.75) is 30.6 Å². The van der Waals surface area contributed by atoms with Gasteiger partial charge in [-0.1, -0.05) is 0 Å². The highest BCUT2D eigenvalue weighted by molar-refractivity contribution is 7.99. The van der Waals surface area contributed by atoms with Crippen molar-refractivity contribution in [1.29, 1.82) is 0 Å². The van der Waals surface area contributed by atoms with Crippen molar-refractivity contribution in [3.63, 3.8) is 0 Å². The van der Waals surface area contributed by atoms with E-state index in [0.29, 0.717) is 5.25 Å². The first-order chi connectivity index (χ1) is 7.70. The quantitative estimate of drug-likeness (QED) is 0.809. The van der Waals surface area contributed by atoms with Gasteiger partial charge in [-0.25, -0.2) is 4.63 Å². The van der Waals surface area contributed by atoms with Gasteiger partial charge in [0.05, 0.1) is 0 Å². The first kappa shape index (κ1) is 11.3. The third-order valence-electron chi connectivity index (χ3n) is 2.78. The molecule has 0 aliphatic heterocycles. The molecule has 6 nitrogen and oxygen atoms in total. The van der Waals surface area contributed by atoms with E-state index in [1.807, 2.05) is 11.8 Å². The van der Waals surface area contributed by atoms with Crippen LogP contribution in [0.4, 0.5) is 5.82 Å². The van der Waals surface area contributed by atoms with Gasteiger partial charge in [0.15, 0.2) is 0 Å². The number of hydrogen-bond donors (Lipinski definition) is 2. The summed E-state index contributed by atoms with van der Waals surface area (Å²) in [5.41, 5.74) is 5.51. The van der Waals surface area contributed by atoms with E-state index in [9.17, 15) is 4.79 Å². The SMILES string of the molecule is CSC1CCC(NC(=O)c2nonc2N)C1. The summed E-state index contributed by atoms with van der Waals surface area (Å²) in [7, 11) is 0. The van der Waals surface area contributed by atoms with Gasteiger partial charge in [-0.15, -0.1) is 0 Å². The summed E-state index contributed by atoms with van der Waals surface area (Å²) in [4.78, 5) is 11.7. The molecule has 3 N–H and O–H groups in total. The summed E-state index contributed by atoms with van der Waals surface area (Å²) >= 11 is 1.84. The summed E-state index contributed by atoms with van der Waals surface area (Å²) in [6.07, 6.45) is 5.23. The minimum Gasteiger partial charge on any atom is -0.379 e. The van der Waals surface area contributed by atoms with Gasteiger partial charge in [0.2, 0.25) is 11.5 Å². The third kappa shape index (κ3) is 2.29. The molecule has 0 bridgehead atoms. The number of rotatable bonds is 3. The van der Waals surface area contributed by atoms with E-state index in [2.05, 4.69) is 26.5 Å². The molecule has 1 aliphatic carbocycles. The van der Waals surface area contributed by atoms with Gasteiger partial charge in [0.1, 0.15) is 0 Å². The van der Waals surface area contributed by atoms with Crippen LogP contribution in [0, 0.1) is 0 Å². The minimum absolute atomic E-state index is 0.0388. The van der Waals surface area contributed by atoms with Gasteiger partial charge in [-0.3, -0.25) is 4.79 Å². The Labute approximate surface area is 97.3 Å². The Morgan fingerprint density at radius 1 is 1.56 bits per heavy atom. The van der Waals surface area contributed by atoms with E-state index < -0.39 is 0 Å². The smallest absolute Gasteiger partial charge is 0.277 e. The molecular formula is C9H14N4O2S. The molecule has 2 atom stereocenters. The number of carbonyl (C=O) groups is 1. The lowest BCUT2D eigenvalue weighted by atomic mass is 10.2. The second-order valence-electron chi connectivity index (χ2n) is 3.84. The van der Waals surface area contributed by atoms with Crippen LogP contribution < -0.4 is 11.1 Å². The minimum atomic E-state index is -0.300. The lowest BCUT2D eigenvalue weighted by molar-refractivity contribution is 0.0928. The second kappa shape index (κ2) is 4.73. The van der Waals surface area contributed by atoms with E-state index in [1.165, 1.54) is 0 Å². The fourth-order valence-corrected chi connectivity index (χ4v) is 2.69. The van der Waals surface area contributed by atoms with Crippen LogP contribution in [0.15, 0.2) is 4.63 Å². The molecule has 0 aromatic carbocycles. The molecule has 1 saturated carbocycles. The van der Waals surface area contributed by atoms with Crippen molar-refractivity contribution in [2.24, 2.45) is 0 Å². The van der Waals surface area contributed by atoms with Crippen LogP contribution >= 0.6 is 11.8 Å². The first-order valence-corrected chi connectivity index (χ1v) is 6.41. The lowest BCUT2D eigenvalue weighted by Gasteiger charge is -2.11. The normalized spacial score (nSPS) is 24.6. The summed E-state index contributed by atoms with van der Waals surface area (Å²) in [6.45, 7) is 0. The van der Waals surface area contributed by atoms with Gasteiger partial charge in [-0.05, 0) is 35.8 Å². The molecule has 0 radical (unpaired) electrons. The van der Waals surface area contributed by atoms with Gasteiger partial charge >= 0.3 is 0 Å². The van der Waals surface area contributed by atoms with Crippen LogP contribution in [-0.4, -0.2) is 33.8 Å². The summed E-state index contributed by atoms with van der Waals surface area (Å²) in [5.74, 6) is -0.262. The molecule has 1 aliphatic rings. The highest BCUT2D eigenvalue weighted by Crippen LogP contribution is 2.28. The number of anilines is 1. The van der Waals surface area contributed by atoms with E-state index in [1.54, 1.807) is 0 Å².